The molecule has 1 aromatic heterocycles. The zero-order valence-corrected chi connectivity index (χ0v) is 14.7. The number of carbonyl (C=O) groups is 2. The minimum absolute atomic E-state index is 0.0302. The molecule has 4 rings (SSSR count). The van der Waals surface area contributed by atoms with E-state index in [1.54, 1.807) is 11.1 Å². The highest BCUT2D eigenvalue weighted by molar-refractivity contribution is 5.92. The first-order valence-corrected chi connectivity index (χ1v) is 8.87. The van der Waals surface area contributed by atoms with Crippen molar-refractivity contribution >= 4 is 11.9 Å². The average Bonchev–Trinajstić information content (AvgIpc) is 3.31. The molecule has 0 bridgehead atoms. The molecule has 136 valence electrons. The predicted octanol–water partition coefficient (Wildman–Crippen LogP) is 1.24. The molecule has 2 aliphatic rings. The molecule has 0 unspecified atom stereocenters. The first-order chi connectivity index (χ1) is 12.5. The molecule has 3 heterocycles. The summed E-state index contributed by atoms with van der Waals surface area (Å²) < 4.78 is 1.81. The van der Waals surface area contributed by atoms with Crippen LogP contribution in [0.25, 0.3) is 5.69 Å². The lowest BCUT2D eigenvalue weighted by molar-refractivity contribution is -0.149. The van der Waals surface area contributed by atoms with Gasteiger partial charge in [-0.15, -0.1) is 0 Å². The molecule has 2 atom stereocenters. The fraction of sp³-hybridized carbons (Fsp3) is 0.421. The monoisotopic (exact) mass is 354 g/mol. The Hall–Kier alpha value is -2.67. The standard InChI is InChI=1S/C19H22N4O3/c1-2-22-13-19(18(25)26)12-21(11-16(19)17(22)24)9-14-8-20-23(10-14)15-6-4-3-5-7-15/h3-8,10,16H,2,9,11-13H2,1H3,(H,25,26)/t16-,19-/m0/s1. The Balaban J connectivity index is 1.51. The van der Waals surface area contributed by atoms with E-state index in [9.17, 15) is 14.7 Å². The number of aliphatic carboxylic acids is 1. The molecule has 2 aliphatic heterocycles. The Bertz CT molecular complexity index is 834. The highest BCUT2D eigenvalue weighted by Gasteiger charge is 2.61. The normalized spacial score (nSPS) is 25.7. The number of rotatable bonds is 5. The molecule has 0 aliphatic carbocycles. The van der Waals surface area contributed by atoms with Crippen molar-refractivity contribution < 1.29 is 14.7 Å². The number of carboxylic acids is 1. The second-order valence-corrected chi connectivity index (χ2v) is 7.16. The first-order valence-electron chi connectivity index (χ1n) is 8.87. The lowest BCUT2D eigenvalue weighted by atomic mass is 9.81. The van der Waals surface area contributed by atoms with Crippen LogP contribution in [0.15, 0.2) is 42.7 Å². The van der Waals surface area contributed by atoms with Crippen LogP contribution in [0, 0.1) is 11.3 Å². The summed E-state index contributed by atoms with van der Waals surface area (Å²) in [6, 6.07) is 9.84. The molecule has 26 heavy (non-hydrogen) atoms. The number of para-hydroxylation sites is 1. The van der Waals surface area contributed by atoms with Crippen LogP contribution in [-0.2, 0) is 16.1 Å². The van der Waals surface area contributed by atoms with Crippen LogP contribution in [0.5, 0.6) is 0 Å². The summed E-state index contributed by atoms with van der Waals surface area (Å²) >= 11 is 0. The number of likely N-dealkylation sites (tertiary alicyclic amines) is 2. The number of carbonyl (C=O) groups excluding carboxylic acids is 1. The second-order valence-electron chi connectivity index (χ2n) is 7.16. The summed E-state index contributed by atoms with van der Waals surface area (Å²) in [7, 11) is 0. The van der Waals surface area contributed by atoms with E-state index in [0.29, 0.717) is 32.7 Å². The summed E-state index contributed by atoms with van der Waals surface area (Å²) in [6.45, 7) is 4.24. The maximum absolute atomic E-state index is 12.5. The molecule has 7 nitrogen and oxygen atoms in total. The Kier molecular flexibility index (Phi) is 4.03. The van der Waals surface area contributed by atoms with Gasteiger partial charge in [-0.1, -0.05) is 18.2 Å². The third-order valence-electron chi connectivity index (χ3n) is 5.57. The minimum atomic E-state index is -0.984. The van der Waals surface area contributed by atoms with Crippen molar-refractivity contribution in [1.82, 2.24) is 19.6 Å². The lowest BCUT2D eigenvalue weighted by Gasteiger charge is -2.24. The molecule has 1 amide bonds. The smallest absolute Gasteiger partial charge is 0.313 e. The van der Waals surface area contributed by atoms with Gasteiger partial charge in [-0.3, -0.25) is 14.5 Å². The lowest BCUT2D eigenvalue weighted by Crippen LogP contribution is -2.40. The zero-order valence-electron chi connectivity index (χ0n) is 14.7. The number of carboxylic acid groups (broad SMARTS) is 1. The van der Waals surface area contributed by atoms with Gasteiger partial charge in [0.15, 0.2) is 0 Å². The number of benzene rings is 1. The number of aromatic nitrogens is 2. The quantitative estimate of drug-likeness (QED) is 0.874. The Morgan fingerprint density at radius 3 is 2.73 bits per heavy atom. The molecule has 0 radical (unpaired) electrons. The molecule has 7 heteroatoms. The van der Waals surface area contributed by atoms with E-state index in [0.717, 1.165) is 11.3 Å². The van der Waals surface area contributed by atoms with Crippen LogP contribution in [0.3, 0.4) is 0 Å². The largest absolute Gasteiger partial charge is 0.481 e. The van der Waals surface area contributed by atoms with Gasteiger partial charge < -0.3 is 10.0 Å². The number of nitrogens with zero attached hydrogens (tertiary/aromatic N) is 4. The van der Waals surface area contributed by atoms with Crippen LogP contribution in [-0.4, -0.2) is 62.7 Å². The molecule has 1 aromatic carbocycles. The summed E-state index contributed by atoms with van der Waals surface area (Å²) in [5.74, 6) is -1.35. The van der Waals surface area contributed by atoms with Crippen molar-refractivity contribution in [3.8, 4) is 5.69 Å². The van der Waals surface area contributed by atoms with Gasteiger partial charge in [0, 0.05) is 44.5 Å². The highest BCUT2D eigenvalue weighted by atomic mass is 16.4. The van der Waals surface area contributed by atoms with Crippen LogP contribution >= 0.6 is 0 Å². The Morgan fingerprint density at radius 2 is 2.08 bits per heavy atom. The molecule has 2 saturated heterocycles. The van der Waals surface area contributed by atoms with E-state index in [1.807, 2.05) is 48.1 Å². The van der Waals surface area contributed by atoms with Crippen molar-refractivity contribution in [2.45, 2.75) is 13.5 Å². The molecule has 0 saturated carbocycles. The van der Waals surface area contributed by atoms with Gasteiger partial charge in [0.05, 0.1) is 17.8 Å². The Labute approximate surface area is 151 Å². The molecular weight excluding hydrogens is 332 g/mol. The van der Waals surface area contributed by atoms with E-state index >= 15 is 0 Å². The van der Waals surface area contributed by atoms with Gasteiger partial charge in [-0.25, -0.2) is 4.68 Å². The summed E-state index contributed by atoms with van der Waals surface area (Å²) in [5, 5.41) is 14.2. The third kappa shape index (κ3) is 2.59. The topological polar surface area (TPSA) is 78.7 Å². The average molecular weight is 354 g/mol. The first kappa shape index (κ1) is 16.8. The fourth-order valence-electron chi connectivity index (χ4n) is 4.21. The van der Waals surface area contributed by atoms with Crippen molar-refractivity contribution in [2.75, 3.05) is 26.2 Å². The molecule has 2 aromatic rings. The molecule has 0 spiro atoms. The summed E-state index contributed by atoms with van der Waals surface area (Å²) in [6.07, 6.45) is 3.76. The maximum atomic E-state index is 12.5. The fourth-order valence-corrected chi connectivity index (χ4v) is 4.21. The SMILES string of the molecule is CCN1C[C@@]2(C(=O)O)CN(Cc3cnn(-c4ccccc4)c3)C[C@H]2C1=O. The summed E-state index contributed by atoms with van der Waals surface area (Å²) in [5.41, 5.74) is 1.00. The van der Waals surface area contributed by atoms with E-state index in [1.165, 1.54) is 0 Å². The molecular formula is C19H22N4O3. The number of fused-ring (bicyclic) bond motifs is 1. The van der Waals surface area contributed by atoms with Crippen LogP contribution in [0.2, 0.25) is 0 Å². The van der Waals surface area contributed by atoms with Crippen molar-refractivity contribution in [2.24, 2.45) is 11.3 Å². The van der Waals surface area contributed by atoms with E-state index in [-0.39, 0.29) is 5.91 Å². The third-order valence-corrected chi connectivity index (χ3v) is 5.57. The van der Waals surface area contributed by atoms with Crippen molar-refractivity contribution in [3.63, 3.8) is 0 Å². The van der Waals surface area contributed by atoms with Gasteiger partial charge in [0.1, 0.15) is 5.41 Å². The van der Waals surface area contributed by atoms with Gasteiger partial charge in [0.2, 0.25) is 5.91 Å². The number of hydrogen-bond acceptors (Lipinski definition) is 4. The maximum Gasteiger partial charge on any atom is 0.313 e. The van der Waals surface area contributed by atoms with Gasteiger partial charge in [-0.05, 0) is 19.1 Å². The van der Waals surface area contributed by atoms with E-state index in [2.05, 4.69) is 10.00 Å². The van der Waals surface area contributed by atoms with E-state index in [4.69, 9.17) is 0 Å². The number of hydrogen-bond donors (Lipinski definition) is 1. The van der Waals surface area contributed by atoms with Gasteiger partial charge >= 0.3 is 5.97 Å². The van der Waals surface area contributed by atoms with Crippen molar-refractivity contribution in [1.29, 1.82) is 0 Å². The van der Waals surface area contributed by atoms with Crippen LogP contribution < -0.4 is 0 Å². The molecule has 2 fully saturated rings. The predicted molar refractivity (Wildman–Crippen MR) is 94.7 cm³/mol. The number of amides is 1. The second kappa shape index (κ2) is 6.25. The van der Waals surface area contributed by atoms with Gasteiger partial charge in [0.25, 0.3) is 0 Å². The minimum Gasteiger partial charge on any atom is -0.481 e. The highest BCUT2D eigenvalue weighted by Crippen LogP contribution is 2.43. The Morgan fingerprint density at radius 1 is 1.31 bits per heavy atom. The summed E-state index contributed by atoms with van der Waals surface area (Å²) in [4.78, 5) is 28.2. The zero-order chi connectivity index (χ0) is 18.3. The van der Waals surface area contributed by atoms with E-state index < -0.39 is 17.3 Å². The molecule has 1 N–H and O–H groups in total. The van der Waals surface area contributed by atoms with Crippen molar-refractivity contribution in [3.05, 3.63) is 48.3 Å². The van der Waals surface area contributed by atoms with Gasteiger partial charge in [-0.2, -0.15) is 5.10 Å². The van der Waals surface area contributed by atoms with Crippen LogP contribution in [0.1, 0.15) is 12.5 Å². The van der Waals surface area contributed by atoms with Crippen LogP contribution in [0.4, 0.5) is 0 Å².